The lowest BCUT2D eigenvalue weighted by Gasteiger charge is -2.15. The Labute approximate surface area is 128 Å². The smallest absolute Gasteiger partial charge is 0.138 e. The zero-order chi connectivity index (χ0) is 14.5. The van der Waals surface area contributed by atoms with Crippen molar-refractivity contribution in [1.82, 2.24) is 4.98 Å². The Balaban J connectivity index is 2.10. The van der Waals surface area contributed by atoms with Crippen LogP contribution >= 0.6 is 15.9 Å². The van der Waals surface area contributed by atoms with Gasteiger partial charge >= 0.3 is 0 Å². The predicted octanol–water partition coefficient (Wildman–Crippen LogP) is 3.87. The fourth-order valence-electron chi connectivity index (χ4n) is 2.01. The second-order valence-corrected chi connectivity index (χ2v) is 5.98. The van der Waals surface area contributed by atoms with Crippen LogP contribution in [0.25, 0.3) is 0 Å². The van der Waals surface area contributed by atoms with Crippen LogP contribution in [0.2, 0.25) is 0 Å². The topological polar surface area (TPSA) is 48.1 Å². The van der Waals surface area contributed by atoms with E-state index in [4.69, 9.17) is 10.5 Å². The Morgan fingerprint density at radius 1 is 1.25 bits per heavy atom. The fraction of sp³-hybridized carbons (Fsp3) is 0.312. The number of nitrogens with two attached hydrogens (primary N) is 1. The van der Waals surface area contributed by atoms with Crippen molar-refractivity contribution in [2.24, 2.45) is 5.73 Å². The molecule has 0 saturated carbocycles. The molecule has 1 aromatic carbocycles. The van der Waals surface area contributed by atoms with Crippen LogP contribution in [-0.2, 0) is 6.42 Å². The Morgan fingerprint density at radius 2 is 2.05 bits per heavy atom. The normalized spacial score (nSPS) is 12.4. The van der Waals surface area contributed by atoms with E-state index < -0.39 is 0 Å². The number of nitrogens with zero attached hydrogens (tertiary/aromatic N) is 1. The van der Waals surface area contributed by atoms with Crippen molar-refractivity contribution in [3.63, 3.8) is 0 Å². The summed E-state index contributed by atoms with van der Waals surface area (Å²) in [6.07, 6.45) is 4.42. The van der Waals surface area contributed by atoms with E-state index in [-0.39, 0.29) is 12.1 Å². The molecule has 0 aliphatic carbocycles. The third-order valence-corrected chi connectivity index (χ3v) is 3.37. The number of pyridine rings is 1. The van der Waals surface area contributed by atoms with Gasteiger partial charge in [0.05, 0.1) is 12.3 Å². The highest BCUT2D eigenvalue weighted by Crippen LogP contribution is 2.21. The van der Waals surface area contributed by atoms with Crippen molar-refractivity contribution in [2.75, 3.05) is 0 Å². The monoisotopic (exact) mass is 334 g/mol. The van der Waals surface area contributed by atoms with Crippen molar-refractivity contribution in [1.29, 1.82) is 0 Å². The highest BCUT2D eigenvalue weighted by atomic mass is 79.9. The summed E-state index contributed by atoms with van der Waals surface area (Å²) in [7, 11) is 0. The highest BCUT2D eigenvalue weighted by molar-refractivity contribution is 9.10. The summed E-state index contributed by atoms with van der Waals surface area (Å²) < 4.78 is 6.72. The number of benzene rings is 1. The summed E-state index contributed by atoms with van der Waals surface area (Å²) in [6, 6.07) is 10.1. The van der Waals surface area contributed by atoms with Crippen LogP contribution in [0.3, 0.4) is 0 Å². The van der Waals surface area contributed by atoms with Crippen molar-refractivity contribution in [2.45, 2.75) is 32.4 Å². The maximum absolute atomic E-state index is 6.27. The summed E-state index contributed by atoms with van der Waals surface area (Å²) in [5.41, 5.74) is 8.45. The van der Waals surface area contributed by atoms with Gasteiger partial charge in [-0.1, -0.05) is 28.1 Å². The molecule has 0 radical (unpaired) electrons. The molecule has 0 amide bonds. The molecule has 0 aliphatic rings. The van der Waals surface area contributed by atoms with Crippen LogP contribution in [0, 0.1) is 0 Å². The van der Waals surface area contributed by atoms with Gasteiger partial charge in [0.15, 0.2) is 0 Å². The van der Waals surface area contributed by atoms with Gasteiger partial charge in [-0.2, -0.15) is 0 Å². The zero-order valence-corrected chi connectivity index (χ0v) is 13.3. The molecule has 2 rings (SSSR count). The van der Waals surface area contributed by atoms with Crippen molar-refractivity contribution >= 4 is 15.9 Å². The number of rotatable bonds is 5. The second-order valence-electron chi connectivity index (χ2n) is 5.06. The molecule has 3 nitrogen and oxygen atoms in total. The van der Waals surface area contributed by atoms with Gasteiger partial charge in [0.25, 0.3) is 0 Å². The maximum atomic E-state index is 6.27. The molecule has 1 aromatic heterocycles. The molecular formula is C16H19BrN2O. The molecule has 1 atom stereocenters. The third-order valence-electron chi connectivity index (χ3n) is 2.88. The van der Waals surface area contributed by atoms with E-state index in [0.29, 0.717) is 0 Å². The van der Waals surface area contributed by atoms with Gasteiger partial charge in [0.1, 0.15) is 5.75 Å². The molecule has 0 fully saturated rings. The van der Waals surface area contributed by atoms with Gasteiger partial charge in [0, 0.05) is 16.7 Å². The minimum absolute atomic E-state index is 0.0903. The Kier molecular flexibility index (Phi) is 5.15. The van der Waals surface area contributed by atoms with Gasteiger partial charge in [-0.15, -0.1) is 0 Å². The lowest BCUT2D eigenvalue weighted by atomic mass is 10.0. The summed E-state index contributed by atoms with van der Waals surface area (Å²) in [6.45, 7) is 3.99. The van der Waals surface area contributed by atoms with Crippen molar-refractivity contribution in [3.05, 3.63) is 58.3 Å². The zero-order valence-electron chi connectivity index (χ0n) is 11.7. The average Bonchev–Trinajstić information content (AvgIpc) is 2.38. The van der Waals surface area contributed by atoms with Gasteiger partial charge < -0.3 is 10.5 Å². The van der Waals surface area contributed by atoms with E-state index in [1.165, 1.54) is 5.56 Å². The summed E-state index contributed by atoms with van der Waals surface area (Å²) in [4.78, 5) is 4.20. The first kappa shape index (κ1) is 15.0. The molecule has 4 heteroatoms. The van der Waals surface area contributed by atoms with E-state index in [9.17, 15) is 0 Å². The molecular weight excluding hydrogens is 316 g/mol. The van der Waals surface area contributed by atoms with Crippen molar-refractivity contribution in [3.8, 4) is 5.75 Å². The van der Waals surface area contributed by atoms with E-state index in [1.807, 2.05) is 32.0 Å². The summed E-state index contributed by atoms with van der Waals surface area (Å²) in [5, 5.41) is 0. The minimum Gasteiger partial charge on any atom is -0.489 e. The fourth-order valence-corrected chi connectivity index (χ4v) is 2.46. The molecule has 0 bridgehead atoms. The first-order valence-electron chi connectivity index (χ1n) is 6.66. The Bertz CT molecular complexity index is 572. The molecule has 0 spiro atoms. The lowest BCUT2D eigenvalue weighted by Crippen LogP contribution is -2.14. The van der Waals surface area contributed by atoms with Gasteiger partial charge in [0.2, 0.25) is 0 Å². The summed E-state index contributed by atoms with van der Waals surface area (Å²) in [5.74, 6) is 0.766. The maximum Gasteiger partial charge on any atom is 0.138 e. The molecule has 2 aromatic rings. The Hall–Kier alpha value is -1.39. The van der Waals surface area contributed by atoms with Crippen LogP contribution < -0.4 is 10.5 Å². The summed E-state index contributed by atoms with van der Waals surface area (Å²) >= 11 is 3.47. The van der Waals surface area contributed by atoms with Crippen LogP contribution in [0.15, 0.2) is 47.2 Å². The van der Waals surface area contributed by atoms with Crippen LogP contribution in [0.5, 0.6) is 5.75 Å². The van der Waals surface area contributed by atoms with Crippen LogP contribution in [-0.4, -0.2) is 11.1 Å². The van der Waals surface area contributed by atoms with E-state index in [1.54, 1.807) is 12.4 Å². The third kappa shape index (κ3) is 4.32. The van der Waals surface area contributed by atoms with E-state index in [0.717, 1.165) is 22.2 Å². The number of aromatic nitrogens is 1. The largest absolute Gasteiger partial charge is 0.489 e. The SMILES string of the molecule is CC(C)Oc1cncc(C(N)Cc2cccc(Br)c2)c1. The Morgan fingerprint density at radius 3 is 2.75 bits per heavy atom. The average molecular weight is 335 g/mol. The second kappa shape index (κ2) is 6.86. The van der Waals surface area contributed by atoms with Gasteiger partial charge in [-0.05, 0) is 49.6 Å². The highest BCUT2D eigenvalue weighted by Gasteiger charge is 2.09. The van der Waals surface area contributed by atoms with Crippen LogP contribution in [0.1, 0.15) is 31.0 Å². The number of hydrogen-bond donors (Lipinski definition) is 1. The lowest BCUT2D eigenvalue weighted by molar-refractivity contribution is 0.241. The molecule has 0 saturated heterocycles. The number of ether oxygens (including phenoxy) is 1. The molecule has 1 heterocycles. The minimum atomic E-state index is -0.0903. The molecule has 1 unspecified atom stereocenters. The standard InChI is InChI=1S/C16H19BrN2O/c1-11(2)20-15-8-13(9-19-10-15)16(18)7-12-4-3-5-14(17)6-12/h3-6,8-11,16H,7,18H2,1-2H3. The van der Waals surface area contributed by atoms with Crippen LogP contribution in [0.4, 0.5) is 0 Å². The quantitative estimate of drug-likeness (QED) is 0.902. The molecule has 106 valence electrons. The van der Waals surface area contributed by atoms with E-state index in [2.05, 4.69) is 33.0 Å². The predicted molar refractivity (Wildman–Crippen MR) is 84.8 cm³/mol. The molecule has 20 heavy (non-hydrogen) atoms. The van der Waals surface area contributed by atoms with Gasteiger partial charge in [-0.3, -0.25) is 4.98 Å². The van der Waals surface area contributed by atoms with Crippen molar-refractivity contribution < 1.29 is 4.74 Å². The number of halogens is 1. The van der Waals surface area contributed by atoms with Gasteiger partial charge in [-0.25, -0.2) is 0 Å². The molecule has 0 aliphatic heterocycles. The molecule has 2 N–H and O–H groups in total. The number of hydrogen-bond acceptors (Lipinski definition) is 3. The first-order chi connectivity index (χ1) is 9.54. The van der Waals surface area contributed by atoms with E-state index >= 15 is 0 Å². The first-order valence-corrected chi connectivity index (χ1v) is 7.45.